The standard InChI is InChI=1S/C18H23NO2/c1-19(17-11-4-2-3-5-12-17)18(21)16-10-6-8-15(14-16)9-7-13-20/h6,8,10,14,17,20H,2-5,11-13H2,1H3. The fourth-order valence-corrected chi connectivity index (χ4v) is 2.89. The Morgan fingerprint density at radius 1 is 1.29 bits per heavy atom. The number of hydrogen-bond donors (Lipinski definition) is 1. The summed E-state index contributed by atoms with van der Waals surface area (Å²) in [5, 5.41) is 8.74. The predicted octanol–water partition coefficient (Wildman–Crippen LogP) is 2.83. The third-order valence-corrected chi connectivity index (χ3v) is 4.11. The lowest BCUT2D eigenvalue weighted by atomic mass is 10.1. The van der Waals surface area contributed by atoms with E-state index in [2.05, 4.69) is 11.8 Å². The summed E-state index contributed by atoms with van der Waals surface area (Å²) < 4.78 is 0. The second-order valence-corrected chi connectivity index (χ2v) is 5.60. The average Bonchev–Trinajstić information content (AvgIpc) is 2.81. The highest BCUT2D eigenvalue weighted by Crippen LogP contribution is 2.22. The molecule has 1 aliphatic carbocycles. The lowest BCUT2D eigenvalue weighted by Gasteiger charge is -2.27. The van der Waals surface area contributed by atoms with Crippen molar-refractivity contribution in [2.45, 2.75) is 44.6 Å². The molecule has 112 valence electrons. The number of aliphatic hydroxyl groups excluding tert-OH is 1. The molecular weight excluding hydrogens is 262 g/mol. The number of aliphatic hydroxyl groups is 1. The third-order valence-electron chi connectivity index (χ3n) is 4.11. The second kappa shape index (κ2) is 7.85. The maximum absolute atomic E-state index is 12.6. The fraction of sp³-hybridized carbons (Fsp3) is 0.500. The van der Waals surface area contributed by atoms with E-state index >= 15 is 0 Å². The lowest BCUT2D eigenvalue weighted by Crippen LogP contribution is -2.36. The predicted molar refractivity (Wildman–Crippen MR) is 84.0 cm³/mol. The molecule has 0 atom stereocenters. The van der Waals surface area contributed by atoms with Gasteiger partial charge in [-0.25, -0.2) is 0 Å². The van der Waals surface area contributed by atoms with Crippen LogP contribution in [0, 0.1) is 11.8 Å². The minimum absolute atomic E-state index is 0.0644. The van der Waals surface area contributed by atoms with Gasteiger partial charge in [-0.3, -0.25) is 4.79 Å². The van der Waals surface area contributed by atoms with Crippen LogP contribution in [-0.4, -0.2) is 35.6 Å². The number of carbonyl (C=O) groups excluding carboxylic acids is 1. The minimum Gasteiger partial charge on any atom is -0.384 e. The first kappa shape index (κ1) is 15.6. The van der Waals surface area contributed by atoms with Gasteiger partial charge in [0.2, 0.25) is 0 Å². The van der Waals surface area contributed by atoms with Crippen molar-refractivity contribution in [3.05, 3.63) is 35.4 Å². The maximum Gasteiger partial charge on any atom is 0.253 e. The van der Waals surface area contributed by atoms with Gasteiger partial charge in [-0.05, 0) is 31.0 Å². The molecule has 1 aromatic rings. The Hall–Kier alpha value is -1.79. The van der Waals surface area contributed by atoms with Crippen LogP contribution in [0.3, 0.4) is 0 Å². The average molecular weight is 285 g/mol. The zero-order chi connectivity index (χ0) is 15.1. The van der Waals surface area contributed by atoms with Gasteiger partial charge in [-0.15, -0.1) is 0 Å². The molecule has 1 N–H and O–H groups in total. The molecule has 1 fully saturated rings. The number of amides is 1. The third kappa shape index (κ3) is 4.34. The minimum atomic E-state index is -0.167. The zero-order valence-corrected chi connectivity index (χ0v) is 12.6. The van der Waals surface area contributed by atoms with Gasteiger partial charge in [0.15, 0.2) is 0 Å². The molecule has 3 heteroatoms. The SMILES string of the molecule is CN(C(=O)c1cccc(C#CCO)c1)C1CCCCCC1. The van der Waals surface area contributed by atoms with Crippen molar-refractivity contribution in [3.63, 3.8) is 0 Å². The van der Waals surface area contributed by atoms with Crippen LogP contribution >= 0.6 is 0 Å². The van der Waals surface area contributed by atoms with Crippen molar-refractivity contribution in [3.8, 4) is 11.8 Å². The van der Waals surface area contributed by atoms with Crippen molar-refractivity contribution in [1.29, 1.82) is 0 Å². The van der Waals surface area contributed by atoms with Crippen LogP contribution in [0.4, 0.5) is 0 Å². The highest BCUT2D eigenvalue weighted by atomic mass is 16.2. The van der Waals surface area contributed by atoms with Crippen molar-refractivity contribution in [2.24, 2.45) is 0 Å². The summed E-state index contributed by atoms with van der Waals surface area (Å²) >= 11 is 0. The topological polar surface area (TPSA) is 40.5 Å². The summed E-state index contributed by atoms with van der Waals surface area (Å²) in [6.07, 6.45) is 7.20. The van der Waals surface area contributed by atoms with Crippen LogP contribution in [0.1, 0.15) is 54.4 Å². The van der Waals surface area contributed by atoms with Gasteiger partial charge < -0.3 is 10.0 Å². The van der Waals surface area contributed by atoms with Crippen molar-refractivity contribution in [2.75, 3.05) is 13.7 Å². The second-order valence-electron chi connectivity index (χ2n) is 5.60. The van der Waals surface area contributed by atoms with Gasteiger partial charge in [-0.1, -0.05) is 43.6 Å². The van der Waals surface area contributed by atoms with Gasteiger partial charge in [0.05, 0.1) is 0 Å². The van der Waals surface area contributed by atoms with E-state index in [0.717, 1.165) is 18.4 Å². The van der Waals surface area contributed by atoms with E-state index in [1.54, 1.807) is 6.07 Å². The number of hydrogen-bond acceptors (Lipinski definition) is 2. The van der Waals surface area contributed by atoms with E-state index in [0.29, 0.717) is 11.6 Å². The molecule has 1 aromatic carbocycles. The molecule has 0 unspecified atom stereocenters. The molecule has 0 saturated heterocycles. The Balaban J connectivity index is 2.11. The van der Waals surface area contributed by atoms with Crippen LogP contribution in [0.15, 0.2) is 24.3 Å². The molecule has 2 rings (SSSR count). The van der Waals surface area contributed by atoms with Crippen LogP contribution < -0.4 is 0 Å². The van der Waals surface area contributed by atoms with E-state index < -0.39 is 0 Å². The summed E-state index contributed by atoms with van der Waals surface area (Å²) in [6, 6.07) is 7.69. The molecule has 1 saturated carbocycles. The molecule has 0 heterocycles. The Kier molecular flexibility index (Phi) is 5.83. The quantitative estimate of drug-likeness (QED) is 0.670. The van der Waals surface area contributed by atoms with Crippen LogP contribution in [0.5, 0.6) is 0 Å². The number of carbonyl (C=O) groups is 1. The van der Waals surface area contributed by atoms with Crippen LogP contribution in [0.2, 0.25) is 0 Å². The first-order valence-corrected chi connectivity index (χ1v) is 7.69. The van der Waals surface area contributed by atoms with E-state index in [1.165, 1.54) is 25.7 Å². The molecule has 0 spiro atoms. The maximum atomic E-state index is 12.6. The summed E-state index contributed by atoms with van der Waals surface area (Å²) in [5.41, 5.74) is 1.44. The molecule has 1 aliphatic rings. The first-order chi connectivity index (χ1) is 10.2. The Labute approximate surface area is 127 Å². The normalized spacial score (nSPS) is 15.7. The first-order valence-electron chi connectivity index (χ1n) is 7.69. The van der Waals surface area contributed by atoms with E-state index in [4.69, 9.17) is 5.11 Å². The smallest absolute Gasteiger partial charge is 0.253 e. The van der Waals surface area contributed by atoms with Crippen molar-refractivity contribution >= 4 is 5.91 Å². The number of rotatable bonds is 2. The van der Waals surface area contributed by atoms with Crippen LogP contribution in [0.25, 0.3) is 0 Å². The summed E-state index contributed by atoms with van der Waals surface area (Å²) in [4.78, 5) is 14.5. The van der Waals surface area contributed by atoms with E-state index in [9.17, 15) is 4.79 Å². The van der Waals surface area contributed by atoms with E-state index in [1.807, 2.05) is 30.1 Å². The van der Waals surface area contributed by atoms with E-state index in [-0.39, 0.29) is 12.5 Å². The molecule has 0 radical (unpaired) electrons. The Morgan fingerprint density at radius 3 is 2.67 bits per heavy atom. The largest absolute Gasteiger partial charge is 0.384 e. The Morgan fingerprint density at radius 2 is 2.00 bits per heavy atom. The van der Waals surface area contributed by atoms with Crippen molar-refractivity contribution < 1.29 is 9.90 Å². The van der Waals surface area contributed by atoms with Gasteiger partial charge in [-0.2, -0.15) is 0 Å². The monoisotopic (exact) mass is 285 g/mol. The lowest BCUT2D eigenvalue weighted by molar-refractivity contribution is 0.0717. The summed E-state index contributed by atoms with van der Waals surface area (Å²) in [6.45, 7) is -0.167. The van der Waals surface area contributed by atoms with Crippen LogP contribution in [-0.2, 0) is 0 Å². The van der Waals surface area contributed by atoms with Gasteiger partial charge in [0.1, 0.15) is 6.61 Å². The molecule has 3 nitrogen and oxygen atoms in total. The highest BCUT2D eigenvalue weighted by Gasteiger charge is 2.22. The molecule has 0 bridgehead atoms. The van der Waals surface area contributed by atoms with Gasteiger partial charge in [0, 0.05) is 24.2 Å². The van der Waals surface area contributed by atoms with Gasteiger partial charge in [0.25, 0.3) is 5.91 Å². The molecule has 1 amide bonds. The molecule has 0 aromatic heterocycles. The molecular formula is C18H23NO2. The number of benzene rings is 1. The Bertz CT molecular complexity index is 534. The highest BCUT2D eigenvalue weighted by molar-refractivity contribution is 5.94. The molecule has 0 aliphatic heterocycles. The van der Waals surface area contributed by atoms with Gasteiger partial charge >= 0.3 is 0 Å². The zero-order valence-electron chi connectivity index (χ0n) is 12.6. The number of nitrogens with zero attached hydrogens (tertiary/aromatic N) is 1. The fourth-order valence-electron chi connectivity index (χ4n) is 2.89. The van der Waals surface area contributed by atoms with Crippen molar-refractivity contribution in [1.82, 2.24) is 4.90 Å². The summed E-state index contributed by atoms with van der Waals surface area (Å²) in [5.74, 6) is 5.52. The summed E-state index contributed by atoms with van der Waals surface area (Å²) in [7, 11) is 1.91. The molecule has 21 heavy (non-hydrogen) atoms.